The fourth-order valence-electron chi connectivity index (χ4n) is 4.73. The highest BCUT2D eigenvalue weighted by Gasteiger charge is 2.48. The Kier molecular flexibility index (Phi) is 8.81. The highest BCUT2D eigenvalue weighted by Crippen LogP contribution is 2.45. The minimum Gasteiger partial charge on any atom is -0.507 e. The number of hydrogen-bond donors (Lipinski definition) is 1. The van der Waals surface area contributed by atoms with Crippen molar-refractivity contribution in [3.05, 3.63) is 106 Å². The molecule has 0 saturated carbocycles. The number of fused-ring (bicyclic) bond motifs is 1. The van der Waals surface area contributed by atoms with Gasteiger partial charge in [0.05, 0.1) is 11.6 Å². The molecule has 2 aliphatic heterocycles. The number of benzene rings is 3. The van der Waals surface area contributed by atoms with Crippen molar-refractivity contribution >= 4 is 68.9 Å². The second-order valence-electron chi connectivity index (χ2n) is 9.57. The fraction of sp³-hybridized carbons (Fsp3) is 0.161. The Labute approximate surface area is 270 Å². The number of halogens is 2. The van der Waals surface area contributed by atoms with Crippen LogP contribution in [0.5, 0.6) is 17.2 Å². The number of aliphatic hydroxyl groups is 1. The van der Waals surface area contributed by atoms with Crippen molar-refractivity contribution in [1.82, 2.24) is 10.2 Å². The molecule has 1 N–H and O–H groups in total. The Balaban J connectivity index is 1.37. The lowest BCUT2D eigenvalue weighted by atomic mass is 9.95. The first-order valence-electron chi connectivity index (χ1n) is 13.3. The van der Waals surface area contributed by atoms with Crippen LogP contribution in [0.25, 0.3) is 5.76 Å². The first-order valence-corrected chi connectivity index (χ1v) is 15.8. The molecule has 0 bridgehead atoms. The quantitative estimate of drug-likeness (QED) is 0.0499. The van der Waals surface area contributed by atoms with Gasteiger partial charge in [0.15, 0.2) is 15.8 Å². The van der Waals surface area contributed by atoms with Gasteiger partial charge in [0.2, 0.25) is 5.13 Å². The summed E-state index contributed by atoms with van der Waals surface area (Å²) in [6, 6.07) is 16.0. The van der Waals surface area contributed by atoms with Crippen LogP contribution in [0.4, 0.5) is 5.13 Å². The van der Waals surface area contributed by atoms with Crippen LogP contribution >= 0.6 is 46.3 Å². The van der Waals surface area contributed by atoms with Gasteiger partial charge in [-0.05, 0) is 53.6 Å². The van der Waals surface area contributed by atoms with E-state index >= 15 is 0 Å². The van der Waals surface area contributed by atoms with Gasteiger partial charge in [0.25, 0.3) is 5.78 Å². The zero-order valence-corrected chi connectivity index (χ0v) is 26.0. The van der Waals surface area contributed by atoms with Crippen LogP contribution in [-0.2, 0) is 15.3 Å². The summed E-state index contributed by atoms with van der Waals surface area (Å²) in [5.41, 5.74) is 1.63. The lowest BCUT2D eigenvalue weighted by Crippen LogP contribution is -2.29. The fourth-order valence-corrected chi connectivity index (χ4v) is 7.16. The number of amides is 1. The van der Waals surface area contributed by atoms with Gasteiger partial charge in [-0.15, -0.1) is 10.2 Å². The number of aliphatic hydroxyl groups excluding tert-OH is 1. The van der Waals surface area contributed by atoms with Crippen molar-refractivity contribution < 1.29 is 28.9 Å². The second-order valence-corrected chi connectivity index (χ2v) is 12.6. The van der Waals surface area contributed by atoms with E-state index in [4.69, 9.17) is 37.4 Å². The third-order valence-corrected chi connectivity index (χ3v) is 9.48. The normalized spacial score (nSPS) is 17.1. The van der Waals surface area contributed by atoms with E-state index in [0.29, 0.717) is 68.3 Å². The molecule has 0 radical (unpaired) electrons. The number of ether oxygens (including phenoxy) is 3. The van der Waals surface area contributed by atoms with Crippen molar-refractivity contribution in [2.45, 2.75) is 16.1 Å². The molecule has 13 heteroatoms. The first kappa shape index (κ1) is 30.0. The molecule has 1 atom stereocenters. The van der Waals surface area contributed by atoms with Crippen LogP contribution in [0.3, 0.4) is 0 Å². The monoisotopic (exact) mass is 667 g/mol. The smallest absolute Gasteiger partial charge is 0.301 e. The number of hydrogen-bond acceptors (Lipinski definition) is 10. The lowest BCUT2D eigenvalue weighted by molar-refractivity contribution is -0.132. The number of ketones is 1. The molecule has 2 aliphatic rings. The first-order chi connectivity index (χ1) is 21.3. The number of thioether (sulfide) groups is 1. The molecule has 3 heterocycles. The molecule has 1 saturated heterocycles. The largest absolute Gasteiger partial charge is 0.507 e. The van der Waals surface area contributed by atoms with Crippen LogP contribution < -0.4 is 19.1 Å². The van der Waals surface area contributed by atoms with Crippen LogP contribution in [0, 0.1) is 0 Å². The Hall–Kier alpha value is -4.03. The topological polar surface area (TPSA) is 111 Å². The molecule has 4 aromatic rings. The maximum Gasteiger partial charge on any atom is 0.301 e. The van der Waals surface area contributed by atoms with Gasteiger partial charge in [0.1, 0.15) is 31.3 Å². The Morgan fingerprint density at radius 3 is 2.59 bits per heavy atom. The molecule has 6 rings (SSSR count). The summed E-state index contributed by atoms with van der Waals surface area (Å²) in [6.45, 7) is 4.73. The van der Waals surface area contributed by atoms with Crippen molar-refractivity contribution in [2.75, 3.05) is 24.7 Å². The van der Waals surface area contributed by atoms with Gasteiger partial charge in [0, 0.05) is 21.4 Å². The zero-order chi connectivity index (χ0) is 30.8. The van der Waals surface area contributed by atoms with Crippen LogP contribution in [-0.4, -0.2) is 46.8 Å². The average Bonchev–Trinajstić information content (AvgIpc) is 3.60. The van der Waals surface area contributed by atoms with Crippen LogP contribution in [0.1, 0.15) is 22.7 Å². The third-order valence-electron chi connectivity index (χ3n) is 6.79. The van der Waals surface area contributed by atoms with E-state index in [9.17, 15) is 14.7 Å². The van der Waals surface area contributed by atoms with Crippen molar-refractivity contribution in [3.63, 3.8) is 0 Å². The highest BCUT2D eigenvalue weighted by molar-refractivity contribution is 8.00. The summed E-state index contributed by atoms with van der Waals surface area (Å²) in [6.07, 6.45) is 1.63. The van der Waals surface area contributed by atoms with Gasteiger partial charge in [-0.3, -0.25) is 14.5 Å². The molecule has 224 valence electrons. The minimum absolute atomic E-state index is 0.0937. The van der Waals surface area contributed by atoms with E-state index in [-0.39, 0.29) is 16.5 Å². The summed E-state index contributed by atoms with van der Waals surface area (Å²) < 4.78 is 17.4. The number of rotatable bonds is 9. The summed E-state index contributed by atoms with van der Waals surface area (Å²) in [5, 5.41) is 21.3. The third kappa shape index (κ3) is 6.00. The number of anilines is 1. The van der Waals surface area contributed by atoms with Gasteiger partial charge < -0.3 is 19.3 Å². The van der Waals surface area contributed by atoms with Crippen LogP contribution in [0.2, 0.25) is 10.0 Å². The molecular formula is C31H23Cl2N3O6S2. The molecule has 44 heavy (non-hydrogen) atoms. The van der Waals surface area contributed by atoms with Crippen molar-refractivity contribution in [2.24, 2.45) is 0 Å². The standard InChI is InChI=1S/C31H23Cl2N3O6S2/c1-2-11-40-21-8-4-17(5-9-21)26-25(27(37)18-6-10-23-24(14-18)42-13-12-41-23)28(38)29(39)36(26)30-34-35-31(44-30)43-16-19-3-7-20(32)15-22(19)33/h2-10,14-15,26,37H,1,11-13,16H2/b27-25+. The zero-order valence-electron chi connectivity index (χ0n) is 22.9. The summed E-state index contributed by atoms with van der Waals surface area (Å²) in [4.78, 5) is 28.5. The van der Waals surface area contributed by atoms with E-state index in [1.54, 1.807) is 60.7 Å². The molecule has 3 aromatic carbocycles. The van der Waals surface area contributed by atoms with E-state index in [2.05, 4.69) is 16.8 Å². The predicted molar refractivity (Wildman–Crippen MR) is 170 cm³/mol. The Bertz CT molecular complexity index is 1790. The second kappa shape index (κ2) is 12.9. The van der Waals surface area contributed by atoms with E-state index in [0.717, 1.165) is 16.9 Å². The molecule has 1 unspecified atom stereocenters. The summed E-state index contributed by atoms with van der Waals surface area (Å²) >= 11 is 14.9. The molecule has 9 nitrogen and oxygen atoms in total. The maximum atomic E-state index is 13.6. The van der Waals surface area contributed by atoms with Crippen molar-refractivity contribution in [3.8, 4) is 17.2 Å². The predicted octanol–water partition coefficient (Wildman–Crippen LogP) is 7.10. The van der Waals surface area contributed by atoms with Gasteiger partial charge >= 0.3 is 5.91 Å². The molecule has 1 fully saturated rings. The number of carbonyl (C=O) groups is 2. The average molecular weight is 669 g/mol. The number of nitrogens with zero attached hydrogens (tertiary/aromatic N) is 3. The van der Waals surface area contributed by atoms with Gasteiger partial charge in [-0.25, -0.2) is 0 Å². The SMILES string of the molecule is C=CCOc1ccc(C2/C(=C(\O)c3ccc4c(c3)OCCO4)C(=O)C(=O)N2c2nnc(SCc3ccc(Cl)cc3Cl)s2)cc1. The summed E-state index contributed by atoms with van der Waals surface area (Å²) in [5.74, 6) is -0.0195. The highest BCUT2D eigenvalue weighted by atomic mass is 35.5. The molecule has 1 amide bonds. The van der Waals surface area contributed by atoms with Crippen molar-refractivity contribution in [1.29, 1.82) is 0 Å². The van der Waals surface area contributed by atoms with E-state index in [1.165, 1.54) is 16.7 Å². The number of aromatic nitrogens is 2. The molecule has 0 spiro atoms. The summed E-state index contributed by atoms with van der Waals surface area (Å²) in [7, 11) is 0. The minimum atomic E-state index is -0.992. The lowest BCUT2D eigenvalue weighted by Gasteiger charge is -2.23. The Morgan fingerprint density at radius 2 is 1.84 bits per heavy atom. The van der Waals surface area contributed by atoms with Gasteiger partial charge in [-0.1, -0.05) is 77.2 Å². The number of Topliss-reactive ketones (excluding diaryl/α,β-unsaturated/α-hetero) is 1. The maximum absolute atomic E-state index is 13.6. The number of carbonyl (C=O) groups excluding carboxylic acids is 2. The van der Waals surface area contributed by atoms with Crippen LogP contribution in [0.15, 0.2) is 83.2 Å². The van der Waals surface area contributed by atoms with Gasteiger partial charge in [-0.2, -0.15) is 0 Å². The van der Waals surface area contributed by atoms with E-state index < -0.39 is 17.7 Å². The molecule has 0 aliphatic carbocycles. The Morgan fingerprint density at radius 1 is 1.07 bits per heavy atom. The van der Waals surface area contributed by atoms with E-state index in [1.807, 2.05) is 6.07 Å². The molecule has 1 aromatic heterocycles. The molecular weight excluding hydrogens is 645 g/mol.